The van der Waals surface area contributed by atoms with Gasteiger partial charge >= 0.3 is 0 Å². The summed E-state index contributed by atoms with van der Waals surface area (Å²) in [6.45, 7) is 2.53. The van der Waals surface area contributed by atoms with Gasteiger partial charge in [-0.05, 0) is 30.3 Å². The normalized spacial score (nSPS) is 18.0. The monoisotopic (exact) mass is 378 g/mol. The van der Waals surface area contributed by atoms with E-state index in [2.05, 4.69) is 16.3 Å². The molecule has 1 saturated heterocycles. The van der Waals surface area contributed by atoms with Crippen molar-refractivity contribution < 1.29 is 4.65 Å². The van der Waals surface area contributed by atoms with Crippen molar-refractivity contribution in [2.24, 2.45) is 4.99 Å². The predicted octanol–water partition coefficient (Wildman–Crippen LogP) is 4.16. The number of quaternary nitrogens is 1. The Morgan fingerprint density at radius 2 is 1.84 bits per heavy atom. The molecule has 0 aliphatic carbocycles. The molecule has 0 amide bonds. The number of hydrogen-bond donors (Lipinski definition) is 1. The van der Waals surface area contributed by atoms with E-state index >= 15 is 0 Å². The molecule has 132 valence electrons. The molecular formula is C18H20Cl2N4O. The summed E-state index contributed by atoms with van der Waals surface area (Å²) in [6, 6.07) is 13.8. The summed E-state index contributed by atoms with van der Waals surface area (Å²) in [5, 5.41) is 16.3. The van der Waals surface area contributed by atoms with Crippen LogP contribution in [0.1, 0.15) is 5.56 Å². The first-order valence-corrected chi connectivity index (χ1v) is 8.45. The second kappa shape index (κ2) is 6.84. The van der Waals surface area contributed by atoms with E-state index in [1.165, 1.54) is 0 Å². The smallest absolute Gasteiger partial charge is 0.139 e. The highest BCUT2D eigenvalue weighted by molar-refractivity contribution is 6.31. The van der Waals surface area contributed by atoms with Crippen LogP contribution in [0.25, 0.3) is 0 Å². The lowest BCUT2D eigenvalue weighted by atomic mass is 10.1. The number of piperazine rings is 1. The quantitative estimate of drug-likeness (QED) is 0.553. The Morgan fingerprint density at radius 1 is 1.12 bits per heavy atom. The number of fused-ring (bicyclic) bond motifs is 2. The van der Waals surface area contributed by atoms with Gasteiger partial charge in [-0.25, -0.2) is 4.99 Å². The van der Waals surface area contributed by atoms with Gasteiger partial charge in [0, 0.05) is 16.3 Å². The SMILES string of the molecule is C[N+]1([O-])CCN(C2=Nc3cc(Cl)ccc3Nc3ccccc32)CC1.Cl. The summed E-state index contributed by atoms with van der Waals surface area (Å²) in [5.41, 5.74) is 3.82. The number of hydrogen-bond acceptors (Lipinski definition) is 4. The number of nitrogens with zero attached hydrogens (tertiary/aromatic N) is 3. The van der Waals surface area contributed by atoms with Gasteiger partial charge in [-0.2, -0.15) is 0 Å². The molecule has 0 saturated carbocycles. The van der Waals surface area contributed by atoms with Crippen LogP contribution in [0.5, 0.6) is 0 Å². The topological polar surface area (TPSA) is 50.7 Å². The summed E-state index contributed by atoms with van der Waals surface area (Å²) < 4.78 is -0.188. The summed E-state index contributed by atoms with van der Waals surface area (Å²) in [6.07, 6.45) is 0. The number of aliphatic imine (C=N–C) groups is 1. The number of amidine groups is 1. The minimum Gasteiger partial charge on any atom is -0.633 e. The maximum atomic E-state index is 12.1. The van der Waals surface area contributed by atoms with Crippen molar-refractivity contribution in [3.05, 3.63) is 58.3 Å². The molecule has 0 unspecified atom stereocenters. The van der Waals surface area contributed by atoms with E-state index < -0.39 is 0 Å². The Kier molecular flexibility index (Phi) is 4.93. The van der Waals surface area contributed by atoms with Crippen LogP contribution in [0.15, 0.2) is 47.5 Å². The van der Waals surface area contributed by atoms with Crippen LogP contribution in [-0.4, -0.2) is 48.6 Å². The number of anilines is 2. The molecule has 2 aromatic rings. The molecule has 2 aliphatic heterocycles. The fourth-order valence-electron chi connectivity index (χ4n) is 3.15. The van der Waals surface area contributed by atoms with Crippen LogP contribution in [0.2, 0.25) is 5.02 Å². The highest BCUT2D eigenvalue weighted by Gasteiger charge is 2.27. The molecule has 2 aromatic carbocycles. The first-order valence-electron chi connectivity index (χ1n) is 8.07. The molecule has 0 radical (unpaired) electrons. The van der Waals surface area contributed by atoms with Crippen molar-refractivity contribution in [3.8, 4) is 0 Å². The summed E-state index contributed by atoms with van der Waals surface area (Å²) in [5.74, 6) is 0.902. The van der Waals surface area contributed by atoms with Crippen LogP contribution < -0.4 is 5.32 Å². The van der Waals surface area contributed by atoms with Crippen molar-refractivity contribution in [3.63, 3.8) is 0 Å². The van der Waals surface area contributed by atoms with Crippen LogP contribution in [0, 0.1) is 5.21 Å². The number of benzene rings is 2. The third-order valence-electron chi connectivity index (χ3n) is 4.61. The second-order valence-corrected chi connectivity index (χ2v) is 6.93. The van der Waals surface area contributed by atoms with E-state index in [0.29, 0.717) is 31.2 Å². The minimum atomic E-state index is -0.188. The largest absolute Gasteiger partial charge is 0.633 e. The first kappa shape index (κ1) is 18.0. The van der Waals surface area contributed by atoms with Gasteiger partial charge in [0.1, 0.15) is 5.84 Å². The van der Waals surface area contributed by atoms with E-state index in [0.717, 1.165) is 28.5 Å². The average molecular weight is 379 g/mol. The number of halogens is 2. The van der Waals surface area contributed by atoms with Crippen LogP contribution in [0.3, 0.4) is 0 Å². The zero-order valence-electron chi connectivity index (χ0n) is 13.9. The average Bonchev–Trinajstić information content (AvgIpc) is 2.71. The Balaban J connectivity index is 0.00000182. The van der Waals surface area contributed by atoms with E-state index in [9.17, 15) is 5.21 Å². The van der Waals surface area contributed by atoms with E-state index in [4.69, 9.17) is 16.6 Å². The fraction of sp³-hybridized carbons (Fsp3) is 0.278. The van der Waals surface area contributed by atoms with Gasteiger partial charge in [-0.3, -0.25) is 0 Å². The molecule has 5 nitrogen and oxygen atoms in total. The van der Waals surface area contributed by atoms with Gasteiger partial charge in [-0.1, -0.05) is 23.7 Å². The summed E-state index contributed by atoms with van der Waals surface area (Å²) in [7, 11) is 1.73. The zero-order chi connectivity index (χ0) is 16.7. The highest BCUT2D eigenvalue weighted by atomic mass is 35.5. The van der Waals surface area contributed by atoms with Crippen LogP contribution >= 0.6 is 24.0 Å². The number of hydroxylamine groups is 3. The maximum absolute atomic E-state index is 12.1. The van der Waals surface area contributed by atoms with E-state index in [1.54, 1.807) is 7.05 Å². The molecular weight excluding hydrogens is 359 g/mol. The second-order valence-electron chi connectivity index (χ2n) is 6.50. The van der Waals surface area contributed by atoms with Crippen molar-refractivity contribution in [1.82, 2.24) is 4.90 Å². The molecule has 2 aliphatic rings. The molecule has 1 N–H and O–H groups in total. The van der Waals surface area contributed by atoms with Gasteiger partial charge in [-0.15, -0.1) is 12.4 Å². The lowest BCUT2D eigenvalue weighted by Gasteiger charge is -2.46. The molecule has 0 spiro atoms. The van der Waals surface area contributed by atoms with Gasteiger partial charge < -0.3 is 20.1 Å². The fourth-order valence-corrected chi connectivity index (χ4v) is 3.32. The number of para-hydroxylation sites is 1. The van der Waals surface area contributed by atoms with E-state index in [-0.39, 0.29) is 17.1 Å². The molecule has 4 rings (SSSR count). The van der Waals surface area contributed by atoms with Gasteiger partial charge in [0.2, 0.25) is 0 Å². The maximum Gasteiger partial charge on any atom is 0.139 e. The lowest BCUT2D eigenvalue weighted by Crippen LogP contribution is -2.55. The molecule has 0 aromatic heterocycles. The van der Waals surface area contributed by atoms with Crippen LogP contribution in [0.4, 0.5) is 17.1 Å². The standard InChI is InChI=1S/C18H19ClN4O.ClH/c1-23(24)10-8-22(9-11-23)18-14-4-2-3-5-15(14)20-16-7-6-13(19)12-17(16)21-18;/h2-7,12,20H,8-11H2,1H3;1H. The lowest BCUT2D eigenvalue weighted by molar-refractivity contribution is -0.864. The van der Waals surface area contributed by atoms with E-state index in [1.807, 2.05) is 36.4 Å². The first-order chi connectivity index (χ1) is 11.5. The van der Waals surface area contributed by atoms with Crippen molar-refractivity contribution >= 4 is 46.9 Å². The molecule has 1 fully saturated rings. The molecule has 2 heterocycles. The third-order valence-corrected chi connectivity index (χ3v) is 4.84. The van der Waals surface area contributed by atoms with Gasteiger partial charge in [0.05, 0.1) is 44.6 Å². The molecule has 0 bridgehead atoms. The Morgan fingerprint density at radius 3 is 2.60 bits per heavy atom. The summed E-state index contributed by atoms with van der Waals surface area (Å²) >= 11 is 6.16. The minimum absolute atomic E-state index is 0. The zero-order valence-corrected chi connectivity index (χ0v) is 15.5. The Bertz CT molecular complexity index is 812. The molecule has 0 atom stereocenters. The Labute approximate surface area is 158 Å². The van der Waals surface area contributed by atoms with Gasteiger partial charge in [0.15, 0.2) is 0 Å². The number of rotatable bonds is 0. The Hall–Kier alpha value is -1.79. The number of nitrogens with one attached hydrogen (secondary N) is 1. The third kappa shape index (κ3) is 3.60. The molecule has 7 heteroatoms. The summed E-state index contributed by atoms with van der Waals surface area (Å²) in [4.78, 5) is 7.10. The van der Waals surface area contributed by atoms with Crippen molar-refractivity contribution in [2.45, 2.75) is 0 Å². The number of likely N-dealkylation sites (N-methyl/N-ethyl adjacent to an activating group) is 1. The predicted molar refractivity (Wildman–Crippen MR) is 105 cm³/mol. The van der Waals surface area contributed by atoms with Crippen molar-refractivity contribution in [1.29, 1.82) is 0 Å². The van der Waals surface area contributed by atoms with Crippen LogP contribution in [-0.2, 0) is 0 Å². The van der Waals surface area contributed by atoms with Crippen molar-refractivity contribution in [2.75, 3.05) is 38.5 Å². The molecule has 25 heavy (non-hydrogen) atoms. The highest BCUT2D eigenvalue weighted by Crippen LogP contribution is 2.36. The van der Waals surface area contributed by atoms with Gasteiger partial charge in [0.25, 0.3) is 0 Å².